The van der Waals surface area contributed by atoms with Gasteiger partial charge in [-0.1, -0.05) is 6.07 Å². The summed E-state index contributed by atoms with van der Waals surface area (Å²) < 4.78 is 12.3. The second kappa shape index (κ2) is 9.70. The highest BCUT2D eigenvalue weighted by Crippen LogP contribution is 2.41. The summed E-state index contributed by atoms with van der Waals surface area (Å²) in [6.45, 7) is 0.878. The first kappa shape index (κ1) is 22.9. The molecule has 34 heavy (non-hydrogen) atoms. The van der Waals surface area contributed by atoms with Gasteiger partial charge in [0.2, 0.25) is 0 Å². The SMILES string of the molecule is COc1ccc(/C(O)=C2/C(=O)C(=O)N(CCCn3ccnc3)C2c2ccc(O)c(OC)c2)cc1. The Morgan fingerprint density at radius 2 is 1.82 bits per heavy atom. The molecule has 1 aromatic heterocycles. The van der Waals surface area contributed by atoms with Crippen molar-refractivity contribution >= 4 is 17.4 Å². The number of imidazole rings is 1. The average molecular weight is 463 g/mol. The number of likely N-dealkylation sites (tertiary alicyclic amines) is 1. The molecule has 3 aromatic rings. The Balaban J connectivity index is 1.76. The smallest absolute Gasteiger partial charge is 0.295 e. The molecule has 9 heteroatoms. The molecule has 0 bridgehead atoms. The van der Waals surface area contributed by atoms with Gasteiger partial charge in [0, 0.05) is 31.0 Å². The first-order valence-electron chi connectivity index (χ1n) is 10.7. The number of aliphatic hydroxyl groups excluding tert-OH is 1. The first-order chi connectivity index (χ1) is 16.4. The second-order valence-electron chi connectivity index (χ2n) is 7.81. The third-order valence-electron chi connectivity index (χ3n) is 5.80. The summed E-state index contributed by atoms with van der Waals surface area (Å²) in [5, 5.41) is 21.2. The van der Waals surface area contributed by atoms with Gasteiger partial charge in [-0.05, 0) is 48.4 Å². The molecule has 176 valence electrons. The number of carbonyl (C=O) groups is 2. The van der Waals surface area contributed by atoms with Gasteiger partial charge < -0.3 is 29.2 Å². The number of phenolic OH excluding ortho intramolecular Hbond substituents is 1. The number of aliphatic hydroxyl groups is 1. The minimum atomic E-state index is -0.848. The van der Waals surface area contributed by atoms with Crippen molar-refractivity contribution < 1.29 is 29.3 Å². The van der Waals surface area contributed by atoms with E-state index in [-0.39, 0.29) is 29.4 Å². The molecule has 1 fully saturated rings. The molecular formula is C25H25N3O6. The summed E-state index contributed by atoms with van der Waals surface area (Å²) in [5.41, 5.74) is 0.894. The van der Waals surface area contributed by atoms with Crippen LogP contribution in [0.3, 0.4) is 0 Å². The van der Waals surface area contributed by atoms with E-state index in [9.17, 15) is 19.8 Å². The Morgan fingerprint density at radius 1 is 1.06 bits per heavy atom. The van der Waals surface area contributed by atoms with Crippen molar-refractivity contribution in [2.24, 2.45) is 0 Å². The van der Waals surface area contributed by atoms with Crippen molar-refractivity contribution in [1.82, 2.24) is 14.5 Å². The van der Waals surface area contributed by atoms with Crippen molar-refractivity contribution in [3.63, 3.8) is 0 Å². The molecule has 1 aliphatic heterocycles. The Morgan fingerprint density at radius 3 is 2.47 bits per heavy atom. The van der Waals surface area contributed by atoms with E-state index >= 15 is 0 Å². The number of methoxy groups -OCH3 is 2. The summed E-state index contributed by atoms with van der Waals surface area (Å²) >= 11 is 0. The zero-order chi connectivity index (χ0) is 24.2. The van der Waals surface area contributed by atoms with E-state index in [2.05, 4.69) is 4.98 Å². The fraction of sp³-hybridized carbons (Fsp3) is 0.240. The average Bonchev–Trinajstić information content (AvgIpc) is 3.46. The molecule has 2 aromatic carbocycles. The number of carbonyl (C=O) groups excluding carboxylic acids is 2. The predicted octanol–water partition coefficient (Wildman–Crippen LogP) is 3.12. The molecule has 1 aliphatic rings. The van der Waals surface area contributed by atoms with Crippen LogP contribution in [0.25, 0.3) is 5.76 Å². The van der Waals surface area contributed by atoms with Gasteiger partial charge in [-0.15, -0.1) is 0 Å². The number of nitrogens with zero attached hydrogens (tertiary/aromatic N) is 3. The second-order valence-corrected chi connectivity index (χ2v) is 7.81. The number of aromatic hydroxyl groups is 1. The highest BCUT2D eigenvalue weighted by molar-refractivity contribution is 6.46. The van der Waals surface area contributed by atoms with Crippen molar-refractivity contribution in [2.45, 2.75) is 19.0 Å². The summed E-state index contributed by atoms with van der Waals surface area (Å²) in [6.07, 6.45) is 5.74. The lowest BCUT2D eigenvalue weighted by Crippen LogP contribution is -2.31. The van der Waals surface area contributed by atoms with Gasteiger partial charge in [-0.3, -0.25) is 9.59 Å². The van der Waals surface area contributed by atoms with Gasteiger partial charge in [0.05, 0.1) is 32.2 Å². The quantitative estimate of drug-likeness (QED) is 0.300. The molecule has 1 atom stereocenters. The number of benzene rings is 2. The molecular weight excluding hydrogens is 438 g/mol. The zero-order valence-corrected chi connectivity index (χ0v) is 18.8. The topological polar surface area (TPSA) is 114 Å². The number of ketones is 1. The molecule has 2 heterocycles. The third kappa shape index (κ3) is 4.32. The maximum atomic E-state index is 13.1. The standard InChI is InChI=1S/C25H25N3O6/c1-33-18-7-4-16(5-8-18)23(30)21-22(17-6-9-19(29)20(14-17)34-2)28(25(32)24(21)31)12-3-11-27-13-10-26-15-27/h4-10,13-15,22,29-30H,3,11-12H2,1-2H3/b23-21-. The number of hydrogen-bond acceptors (Lipinski definition) is 7. The van der Waals surface area contributed by atoms with E-state index in [1.54, 1.807) is 48.9 Å². The summed E-state index contributed by atoms with van der Waals surface area (Å²) in [4.78, 5) is 31.6. The number of hydrogen-bond donors (Lipinski definition) is 2. The molecule has 0 saturated carbocycles. The van der Waals surface area contributed by atoms with Crippen LogP contribution in [0.15, 0.2) is 66.8 Å². The predicted molar refractivity (Wildman–Crippen MR) is 124 cm³/mol. The Hall–Kier alpha value is -4.27. The van der Waals surface area contributed by atoms with E-state index < -0.39 is 17.7 Å². The van der Waals surface area contributed by atoms with Gasteiger partial charge in [-0.25, -0.2) is 4.98 Å². The maximum absolute atomic E-state index is 13.1. The Bertz CT molecular complexity index is 1220. The molecule has 9 nitrogen and oxygen atoms in total. The minimum absolute atomic E-state index is 0.0226. The van der Waals surface area contributed by atoms with Crippen LogP contribution < -0.4 is 9.47 Å². The Kier molecular flexibility index (Phi) is 6.53. The van der Waals surface area contributed by atoms with Gasteiger partial charge in [-0.2, -0.15) is 0 Å². The van der Waals surface area contributed by atoms with Crippen molar-refractivity contribution in [2.75, 3.05) is 20.8 Å². The van der Waals surface area contributed by atoms with Crippen LogP contribution >= 0.6 is 0 Å². The molecule has 0 spiro atoms. The monoisotopic (exact) mass is 463 g/mol. The molecule has 0 radical (unpaired) electrons. The molecule has 0 aliphatic carbocycles. The number of aromatic nitrogens is 2. The summed E-state index contributed by atoms with van der Waals surface area (Å²) in [5.74, 6) is -1.03. The third-order valence-corrected chi connectivity index (χ3v) is 5.80. The number of amides is 1. The molecule has 1 amide bonds. The normalized spacial score (nSPS) is 17.2. The highest BCUT2D eigenvalue weighted by atomic mass is 16.5. The number of ether oxygens (including phenoxy) is 2. The number of rotatable bonds is 8. The maximum Gasteiger partial charge on any atom is 0.295 e. The molecule has 2 N–H and O–H groups in total. The van der Waals surface area contributed by atoms with Crippen LogP contribution in [0.5, 0.6) is 17.2 Å². The lowest BCUT2D eigenvalue weighted by atomic mass is 9.95. The van der Waals surface area contributed by atoms with Crippen molar-refractivity contribution in [1.29, 1.82) is 0 Å². The van der Waals surface area contributed by atoms with Gasteiger partial charge in [0.1, 0.15) is 11.5 Å². The zero-order valence-electron chi connectivity index (χ0n) is 18.8. The van der Waals surface area contributed by atoms with Crippen LogP contribution in [-0.2, 0) is 16.1 Å². The van der Waals surface area contributed by atoms with Crippen molar-refractivity contribution in [3.8, 4) is 17.2 Å². The van der Waals surface area contributed by atoms with Crippen molar-refractivity contribution in [3.05, 3.63) is 77.9 Å². The number of aryl methyl sites for hydroxylation is 1. The van der Waals surface area contributed by atoms with E-state index in [0.29, 0.717) is 29.8 Å². The highest BCUT2D eigenvalue weighted by Gasteiger charge is 2.46. The van der Waals surface area contributed by atoms with Crippen LogP contribution in [0.1, 0.15) is 23.6 Å². The van der Waals surface area contributed by atoms with Crippen LogP contribution in [0.4, 0.5) is 0 Å². The fourth-order valence-electron chi connectivity index (χ4n) is 4.07. The van der Waals surface area contributed by atoms with Crippen LogP contribution in [0, 0.1) is 0 Å². The van der Waals surface area contributed by atoms with E-state index in [0.717, 1.165) is 0 Å². The van der Waals surface area contributed by atoms with Gasteiger partial charge in [0.15, 0.2) is 11.5 Å². The summed E-state index contributed by atoms with van der Waals surface area (Å²) in [7, 11) is 2.95. The van der Waals surface area contributed by atoms with E-state index in [1.807, 2.05) is 10.8 Å². The number of phenols is 1. The van der Waals surface area contributed by atoms with E-state index in [4.69, 9.17) is 9.47 Å². The minimum Gasteiger partial charge on any atom is -0.507 e. The lowest BCUT2D eigenvalue weighted by Gasteiger charge is -2.26. The molecule has 1 unspecified atom stereocenters. The number of Topliss-reactive ketones (excluding diaryl/α,β-unsaturated/α-hetero) is 1. The molecule has 1 saturated heterocycles. The lowest BCUT2D eigenvalue weighted by molar-refractivity contribution is -0.139. The fourth-order valence-corrected chi connectivity index (χ4v) is 4.07. The summed E-state index contributed by atoms with van der Waals surface area (Å²) in [6, 6.07) is 10.3. The van der Waals surface area contributed by atoms with Crippen LogP contribution in [0.2, 0.25) is 0 Å². The first-order valence-corrected chi connectivity index (χ1v) is 10.7. The van der Waals surface area contributed by atoms with Crippen LogP contribution in [-0.4, -0.2) is 57.1 Å². The van der Waals surface area contributed by atoms with Gasteiger partial charge in [0.25, 0.3) is 11.7 Å². The molecule has 4 rings (SSSR count). The van der Waals surface area contributed by atoms with Gasteiger partial charge >= 0.3 is 0 Å². The largest absolute Gasteiger partial charge is 0.507 e. The van der Waals surface area contributed by atoms with E-state index in [1.165, 1.54) is 25.2 Å². The Labute approximate surface area is 196 Å².